The van der Waals surface area contributed by atoms with E-state index in [9.17, 15) is 9.18 Å². The van der Waals surface area contributed by atoms with Gasteiger partial charge in [-0.3, -0.25) is 9.48 Å². The van der Waals surface area contributed by atoms with Crippen LogP contribution in [0.15, 0.2) is 42.7 Å². The first-order chi connectivity index (χ1) is 20.7. The van der Waals surface area contributed by atoms with Gasteiger partial charge in [-0.1, -0.05) is 12.1 Å². The molecule has 0 aliphatic heterocycles. The summed E-state index contributed by atoms with van der Waals surface area (Å²) in [6, 6.07) is 11.0. The number of carbonyl (C=O) groups excluding carboxylic acids is 1. The van der Waals surface area contributed by atoms with Crippen LogP contribution in [-0.2, 0) is 17.3 Å². The lowest BCUT2D eigenvalue weighted by Gasteiger charge is -2.66. The average Bonchev–Trinajstić information content (AvgIpc) is 3.77. The predicted octanol–water partition coefficient (Wildman–Crippen LogP) is 7.06. The normalized spacial score (nSPS) is 32.2. The highest BCUT2D eigenvalue weighted by Gasteiger charge is 2.69. The number of nitrogens with zero attached hydrogens (tertiary/aromatic N) is 5. The molecule has 7 aliphatic carbocycles. The Morgan fingerprint density at radius 3 is 2.33 bits per heavy atom. The Labute approximate surface area is 253 Å². The predicted molar refractivity (Wildman–Crippen MR) is 163 cm³/mol. The molecule has 1 aromatic carbocycles. The number of anilines is 1. The fourth-order valence-electron chi connectivity index (χ4n) is 9.09. The summed E-state index contributed by atoms with van der Waals surface area (Å²) >= 11 is 0. The molecule has 226 valence electrons. The summed E-state index contributed by atoms with van der Waals surface area (Å²) in [5.74, 6) is 0.805. The molecule has 0 radical (unpaired) electrons. The molecule has 2 heterocycles. The molecule has 0 atom stereocenters. The second-order valence-corrected chi connectivity index (χ2v) is 14.7. The molecule has 0 spiro atoms. The Balaban J connectivity index is 1.05. The molecule has 0 unspecified atom stereocenters. The molecule has 10 rings (SSSR count). The van der Waals surface area contributed by atoms with E-state index in [1.165, 1.54) is 24.2 Å². The largest absolute Gasteiger partial charge is 0.464 e. The van der Waals surface area contributed by atoms with Crippen LogP contribution < -0.4 is 9.64 Å². The van der Waals surface area contributed by atoms with Crippen LogP contribution in [0.5, 0.6) is 6.01 Å². The number of hydrogen-bond acceptors (Lipinski definition) is 5. The molecule has 0 N–H and O–H groups in total. The zero-order valence-electron chi connectivity index (χ0n) is 25.4. The first kappa shape index (κ1) is 27.3. The third-order valence-corrected chi connectivity index (χ3v) is 11.6. The number of alkyl halides is 1. The molecule has 8 heteroatoms. The Kier molecular flexibility index (Phi) is 6.09. The maximum absolute atomic E-state index is 14.4. The minimum absolute atomic E-state index is 0.105. The molecular formula is C35H42FN5O2. The van der Waals surface area contributed by atoms with Gasteiger partial charge in [0.1, 0.15) is 5.67 Å². The summed E-state index contributed by atoms with van der Waals surface area (Å²) in [5.41, 5.74) is 4.66. The van der Waals surface area contributed by atoms with E-state index in [0.29, 0.717) is 44.2 Å². The zero-order valence-corrected chi connectivity index (χ0v) is 25.4. The molecule has 4 bridgehead atoms. The van der Waals surface area contributed by atoms with Crippen molar-refractivity contribution in [2.45, 2.75) is 101 Å². The van der Waals surface area contributed by atoms with E-state index >= 15 is 0 Å². The zero-order chi connectivity index (χ0) is 29.5. The number of hydrogen-bond donors (Lipinski definition) is 0. The third kappa shape index (κ3) is 4.67. The molecule has 7 fully saturated rings. The van der Waals surface area contributed by atoms with E-state index in [2.05, 4.69) is 44.8 Å². The van der Waals surface area contributed by atoms with Gasteiger partial charge in [0.25, 0.3) is 0 Å². The third-order valence-electron chi connectivity index (χ3n) is 11.6. The summed E-state index contributed by atoms with van der Waals surface area (Å²) in [5, 5.41) is 4.91. The number of benzene rings is 1. The number of aromatic nitrogens is 4. The monoisotopic (exact) mass is 583 g/mol. The van der Waals surface area contributed by atoms with Crippen molar-refractivity contribution in [3.8, 4) is 17.1 Å². The number of rotatable bonds is 10. The van der Waals surface area contributed by atoms with Gasteiger partial charge in [0.2, 0.25) is 5.91 Å². The van der Waals surface area contributed by atoms with Crippen LogP contribution in [0.25, 0.3) is 11.1 Å². The standard InChI is InChI=1S/C35H42FN5O2/c1-3-43-31-37-18-26(19-38-31)25-5-4-6-27(15-25)41(30(42)17-33-20-35(36,21-33)22-33)23-32-9-12-34(13-10-32,14-11-32)29-16-28(24-7-8-24)39-40(29)2/h4-6,15-16,18-19,24H,3,7-14,17,20-23H2,1-2H3. The molecule has 43 heavy (non-hydrogen) atoms. The Bertz CT molecular complexity index is 1520. The summed E-state index contributed by atoms with van der Waals surface area (Å²) in [6.07, 6.45) is 15.0. The number of ether oxygens (including phenoxy) is 1. The Morgan fingerprint density at radius 2 is 1.70 bits per heavy atom. The number of amides is 1. The average molecular weight is 584 g/mol. The Morgan fingerprint density at radius 1 is 1.00 bits per heavy atom. The maximum Gasteiger partial charge on any atom is 0.316 e. The fourth-order valence-corrected chi connectivity index (χ4v) is 9.09. The Hall–Kier alpha value is -3.29. The molecule has 7 aliphatic rings. The second kappa shape index (κ2) is 9.60. The number of aryl methyl sites for hydroxylation is 1. The SMILES string of the molecule is CCOc1ncc(-c2cccc(N(CC34CCC(c5cc(C6CC6)nn5C)(CC3)CC4)C(=O)CC34CC(F)(C3)C4)c2)cn1. The summed E-state index contributed by atoms with van der Waals surface area (Å²) in [6.45, 7) is 3.15. The van der Waals surface area contributed by atoms with Crippen molar-refractivity contribution in [2.24, 2.45) is 17.9 Å². The highest BCUT2D eigenvalue weighted by molar-refractivity contribution is 5.95. The summed E-state index contributed by atoms with van der Waals surface area (Å²) in [4.78, 5) is 24.9. The summed E-state index contributed by atoms with van der Waals surface area (Å²) < 4.78 is 22.0. The lowest BCUT2D eigenvalue weighted by atomic mass is 9.41. The molecule has 3 aromatic rings. The molecule has 0 saturated heterocycles. The van der Waals surface area contributed by atoms with Crippen molar-refractivity contribution in [1.82, 2.24) is 19.7 Å². The van der Waals surface area contributed by atoms with E-state index in [4.69, 9.17) is 9.84 Å². The van der Waals surface area contributed by atoms with Gasteiger partial charge >= 0.3 is 6.01 Å². The topological polar surface area (TPSA) is 73.1 Å². The highest BCUT2D eigenvalue weighted by atomic mass is 19.1. The van der Waals surface area contributed by atoms with Gasteiger partial charge in [-0.15, -0.1) is 0 Å². The van der Waals surface area contributed by atoms with Crippen LogP contribution in [-0.4, -0.2) is 44.5 Å². The minimum Gasteiger partial charge on any atom is -0.464 e. The van der Waals surface area contributed by atoms with E-state index < -0.39 is 5.67 Å². The van der Waals surface area contributed by atoms with Gasteiger partial charge < -0.3 is 9.64 Å². The smallest absolute Gasteiger partial charge is 0.316 e. The minimum atomic E-state index is -1.00. The fraction of sp³-hybridized carbons (Fsp3) is 0.600. The van der Waals surface area contributed by atoms with Gasteiger partial charge in [0.05, 0.1) is 12.3 Å². The molecule has 7 nitrogen and oxygen atoms in total. The lowest BCUT2D eigenvalue weighted by molar-refractivity contribution is -0.215. The number of halogens is 1. The maximum atomic E-state index is 14.4. The van der Waals surface area contributed by atoms with Crippen LogP contribution >= 0.6 is 0 Å². The van der Waals surface area contributed by atoms with E-state index in [1.807, 2.05) is 19.1 Å². The van der Waals surface area contributed by atoms with Crippen LogP contribution in [0.3, 0.4) is 0 Å². The molecular weight excluding hydrogens is 541 g/mol. The number of carbonyl (C=O) groups is 1. The first-order valence-electron chi connectivity index (χ1n) is 16.3. The number of fused-ring (bicyclic) bond motifs is 3. The van der Waals surface area contributed by atoms with Gasteiger partial charge in [0.15, 0.2) is 0 Å². The molecule has 1 amide bonds. The van der Waals surface area contributed by atoms with Gasteiger partial charge in [-0.05, 0) is 112 Å². The van der Waals surface area contributed by atoms with Crippen molar-refractivity contribution in [1.29, 1.82) is 0 Å². The quantitative estimate of drug-likeness (QED) is 0.256. The van der Waals surface area contributed by atoms with Crippen LogP contribution in [0.1, 0.15) is 101 Å². The van der Waals surface area contributed by atoms with Crippen molar-refractivity contribution < 1.29 is 13.9 Å². The van der Waals surface area contributed by atoms with E-state index in [0.717, 1.165) is 61.9 Å². The second-order valence-electron chi connectivity index (χ2n) is 14.7. The van der Waals surface area contributed by atoms with E-state index in [-0.39, 0.29) is 22.2 Å². The lowest BCUT2D eigenvalue weighted by Crippen LogP contribution is -2.65. The van der Waals surface area contributed by atoms with Crippen molar-refractivity contribution in [3.63, 3.8) is 0 Å². The molecule has 2 aromatic heterocycles. The van der Waals surface area contributed by atoms with Crippen LogP contribution in [0.2, 0.25) is 0 Å². The van der Waals surface area contributed by atoms with Crippen LogP contribution in [0.4, 0.5) is 10.1 Å². The highest BCUT2D eigenvalue weighted by Crippen LogP contribution is 2.71. The van der Waals surface area contributed by atoms with E-state index in [1.54, 1.807) is 12.4 Å². The van der Waals surface area contributed by atoms with Gasteiger partial charge in [0, 0.05) is 60.7 Å². The molecule has 7 saturated carbocycles. The summed E-state index contributed by atoms with van der Waals surface area (Å²) in [7, 11) is 2.13. The van der Waals surface area contributed by atoms with Gasteiger partial charge in [-0.25, -0.2) is 14.4 Å². The van der Waals surface area contributed by atoms with Crippen molar-refractivity contribution >= 4 is 11.6 Å². The van der Waals surface area contributed by atoms with Crippen molar-refractivity contribution in [2.75, 3.05) is 18.1 Å². The first-order valence-corrected chi connectivity index (χ1v) is 16.3. The van der Waals surface area contributed by atoms with Gasteiger partial charge in [-0.2, -0.15) is 5.10 Å². The van der Waals surface area contributed by atoms with Crippen molar-refractivity contribution in [3.05, 3.63) is 54.1 Å². The van der Waals surface area contributed by atoms with Crippen LogP contribution in [0, 0.1) is 10.8 Å².